The van der Waals surface area contributed by atoms with Gasteiger partial charge in [-0.1, -0.05) is 0 Å². The van der Waals surface area contributed by atoms with E-state index in [1.54, 1.807) is 6.07 Å². The maximum atomic E-state index is 5.63. The molecule has 0 fully saturated rings. The van der Waals surface area contributed by atoms with Crippen LogP contribution >= 0.6 is 11.6 Å². The third-order valence-corrected chi connectivity index (χ3v) is 1.93. The van der Waals surface area contributed by atoms with Gasteiger partial charge in [0.15, 0.2) is 5.22 Å². The highest BCUT2D eigenvalue weighted by Crippen LogP contribution is 2.20. The molecule has 1 heterocycles. The van der Waals surface area contributed by atoms with Crippen LogP contribution in [0.2, 0.25) is 5.22 Å². The minimum Gasteiger partial charge on any atom is -0.449 e. The van der Waals surface area contributed by atoms with Crippen molar-refractivity contribution in [2.45, 2.75) is 5.92 Å². The van der Waals surface area contributed by atoms with Crippen molar-refractivity contribution in [2.24, 2.45) is 5.73 Å². The molecule has 12 heavy (non-hydrogen) atoms. The third-order valence-electron chi connectivity index (χ3n) is 1.73. The molecule has 0 aliphatic heterocycles. The molecule has 0 saturated heterocycles. The number of rotatable bonds is 4. The molecule has 0 aliphatic carbocycles. The first-order chi connectivity index (χ1) is 5.77. The van der Waals surface area contributed by atoms with Gasteiger partial charge in [0.2, 0.25) is 0 Å². The van der Waals surface area contributed by atoms with E-state index in [0.717, 1.165) is 12.3 Å². The van der Waals surface area contributed by atoms with Crippen LogP contribution in [0.1, 0.15) is 11.7 Å². The number of nitrogens with one attached hydrogen (secondary N) is 1. The van der Waals surface area contributed by atoms with Crippen molar-refractivity contribution < 1.29 is 4.42 Å². The average molecular weight is 189 g/mol. The molecule has 0 spiro atoms. The van der Waals surface area contributed by atoms with Crippen LogP contribution in [-0.2, 0) is 0 Å². The summed E-state index contributed by atoms with van der Waals surface area (Å²) in [7, 11) is 1.88. The van der Waals surface area contributed by atoms with Gasteiger partial charge in [-0.25, -0.2) is 0 Å². The van der Waals surface area contributed by atoms with E-state index in [9.17, 15) is 0 Å². The molecule has 3 N–H and O–H groups in total. The van der Waals surface area contributed by atoms with Crippen LogP contribution in [0, 0.1) is 0 Å². The van der Waals surface area contributed by atoms with Gasteiger partial charge in [0, 0.05) is 19.0 Å². The molecule has 0 saturated carbocycles. The molecule has 1 atom stereocenters. The van der Waals surface area contributed by atoms with Crippen LogP contribution in [0.4, 0.5) is 0 Å². The summed E-state index contributed by atoms with van der Waals surface area (Å²) >= 11 is 5.63. The Balaban J connectivity index is 2.66. The molecule has 1 rings (SSSR count). The molecule has 0 amide bonds. The van der Waals surface area contributed by atoms with E-state index in [-0.39, 0.29) is 5.92 Å². The molecule has 1 aromatic rings. The largest absolute Gasteiger partial charge is 0.449 e. The summed E-state index contributed by atoms with van der Waals surface area (Å²) in [6.45, 7) is 1.37. The zero-order valence-electron chi connectivity index (χ0n) is 7.01. The lowest BCUT2D eigenvalue weighted by Crippen LogP contribution is -2.23. The Kier molecular flexibility index (Phi) is 3.59. The average Bonchev–Trinajstić information content (AvgIpc) is 2.47. The fourth-order valence-corrected chi connectivity index (χ4v) is 1.25. The fourth-order valence-electron chi connectivity index (χ4n) is 1.09. The van der Waals surface area contributed by atoms with Crippen molar-refractivity contribution in [3.8, 4) is 0 Å². The quantitative estimate of drug-likeness (QED) is 0.747. The van der Waals surface area contributed by atoms with Gasteiger partial charge in [0.05, 0.1) is 0 Å². The minimum atomic E-state index is 0.211. The summed E-state index contributed by atoms with van der Waals surface area (Å²) in [4.78, 5) is 0. The highest BCUT2D eigenvalue weighted by Gasteiger charge is 2.12. The van der Waals surface area contributed by atoms with E-state index in [1.165, 1.54) is 0 Å². The smallest absolute Gasteiger partial charge is 0.193 e. The van der Waals surface area contributed by atoms with Gasteiger partial charge in [-0.05, 0) is 30.8 Å². The Bertz CT molecular complexity index is 237. The summed E-state index contributed by atoms with van der Waals surface area (Å²) < 4.78 is 5.23. The van der Waals surface area contributed by atoms with Gasteiger partial charge in [0.1, 0.15) is 5.76 Å². The number of furan rings is 1. The van der Waals surface area contributed by atoms with Crippen molar-refractivity contribution >= 4 is 11.6 Å². The van der Waals surface area contributed by atoms with E-state index in [2.05, 4.69) is 5.32 Å². The van der Waals surface area contributed by atoms with Crippen molar-refractivity contribution in [1.82, 2.24) is 5.32 Å². The molecule has 0 aromatic carbocycles. The van der Waals surface area contributed by atoms with Gasteiger partial charge in [-0.15, -0.1) is 0 Å². The monoisotopic (exact) mass is 188 g/mol. The van der Waals surface area contributed by atoms with Gasteiger partial charge in [-0.2, -0.15) is 0 Å². The predicted molar refractivity (Wildman–Crippen MR) is 49.4 cm³/mol. The number of likely N-dealkylation sites (N-methyl/N-ethyl adjacent to an activating group) is 1. The van der Waals surface area contributed by atoms with E-state index in [4.69, 9.17) is 21.8 Å². The van der Waals surface area contributed by atoms with Gasteiger partial charge >= 0.3 is 0 Å². The highest BCUT2D eigenvalue weighted by atomic mass is 35.5. The zero-order chi connectivity index (χ0) is 8.97. The summed E-state index contributed by atoms with van der Waals surface area (Å²) in [5, 5.41) is 3.46. The summed E-state index contributed by atoms with van der Waals surface area (Å²) in [6, 6.07) is 3.59. The first-order valence-electron chi connectivity index (χ1n) is 3.87. The van der Waals surface area contributed by atoms with Crippen LogP contribution in [0.15, 0.2) is 16.5 Å². The van der Waals surface area contributed by atoms with E-state index in [1.807, 2.05) is 13.1 Å². The molecule has 3 nitrogen and oxygen atoms in total. The van der Waals surface area contributed by atoms with Gasteiger partial charge < -0.3 is 15.5 Å². The second kappa shape index (κ2) is 4.50. The molecule has 1 unspecified atom stereocenters. The number of hydrogen-bond acceptors (Lipinski definition) is 3. The number of nitrogens with two attached hydrogens (primary N) is 1. The molecule has 0 aliphatic rings. The van der Waals surface area contributed by atoms with Gasteiger partial charge in [-0.3, -0.25) is 0 Å². The lowest BCUT2D eigenvalue weighted by molar-refractivity contribution is 0.456. The lowest BCUT2D eigenvalue weighted by atomic mass is 10.1. The topological polar surface area (TPSA) is 51.2 Å². The molecule has 68 valence electrons. The third kappa shape index (κ3) is 2.24. The summed E-state index contributed by atoms with van der Waals surface area (Å²) in [6.07, 6.45) is 0. The second-order valence-corrected chi connectivity index (χ2v) is 3.00. The maximum absolute atomic E-state index is 5.63. The first-order valence-corrected chi connectivity index (χ1v) is 4.25. The standard InChI is InChI=1S/C8H13ClN2O/c1-11-5-6(4-10)7-2-3-8(9)12-7/h2-3,6,11H,4-5,10H2,1H3. The Morgan fingerprint density at radius 3 is 2.83 bits per heavy atom. The van der Waals surface area contributed by atoms with E-state index >= 15 is 0 Å². The number of hydrogen-bond donors (Lipinski definition) is 2. The van der Waals surface area contributed by atoms with Crippen molar-refractivity contribution in [3.05, 3.63) is 23.1 Å². The second-order valence-electron chi connectivity index (χ2n) is 2.63. The Hall–Kier alpha value is -0.510. The Morgan fingerprint density at radius 1 is 1.67 bits per heavy atom. The normalized spacial score (nSPS) is 13.2. The number of halogens is 1. The van der Waals surface area contributed by atoms with E-state index < -0.39 is 0 Å². The SMILES string of the molecule is CNCC(CN)c1ccc(Cl)o1. The van der Waals surface area contributed by atoms with Crippen LogP contribution < -0.4 is 11.1 Å². The fraction of sp³-hybridized carbons (Fsp3) is 0.500. The summed E-state index contributed by atoms with van der Waals surface area (Å²) in [5.74, 6) is 1.05. The molecular weight excluding hydrogens is 176 g/mol. The predicted octanol–water partition coefficient (Wildman–Crippen LogP) is 1.19. The van der Waals surface area contributed by atoms with Crippen LogP contribution in [0.3, 0.4) is 0 Å². The maximum Gasteiger partial charge on any atom is 0.193 e. The molecular formula is C8H13ClN2O. The van der Waals surface area contributed by atoms with Gasteiger partial charge in [0.25, 0.3) is 0 Å². The van der Waals surface area contributed by atoms with Crippen LogP contribution in [0.25, 0.3) is 0 Å². The minimum absolute atomic E-state index is 0.211. The Labute approximate surface area is 76.9 Å². The molecule has 0 radical (unpaired) electrons. The molecule has 1 aromatic heterocycles. The van der Waals surface area contributed by atoms with Crippen LogP contribution in [-0.4, -0.2) is 20.1 Å². The Morgan fingerprint density at radius 2 is 2.42 bits per heavy atom. The lowest BCUT2D eigenvalue weighted by Gasteiger charge is -2.10. The van der Waals surface area contributed by atoms with Crippen molar-refractivity contribution in [1.29, 1.82) is 0 Å². The molecule has 0 bridgehead atoms. The highest BCUT2D eigenvalue weighted by molar-refractivity contribution is 6.28. The van der Waals surface area contributed by atoms with Crippen molar-refractivity contribution in [2.75, 3.05) is 20.1 Å². The van der Waals surface area contributed by atoms with Crippen molar-refractivity contribution in [3.63, 3.8) is 0 Å². The first kappa shape index (κ1) is 9.58. The zero-order valence-corrected chi connectivity index (χ0v) is 7.77. The molecule has 4 heteroatoms. The van der Waals surface area contributed by atoms with Crippen LogP contribution in [0.5, 0.6) is 0 Å². The summed E-state index contributed by atoms with van der Waals surface area (Å²) in [5.41, 5.74) is 5.56. The van der Waals surface area contributed by atoms with E-state index in [0.29, 0.717) is 11.8 Å².